The Bertz CT molecular complexity index is 271. The van der Waals surface area contributed by atoms with Gasteiger partial charge in [0.2, 0.25) is 0 Å². The smallest absolute Gasteiger partial charge is 0.389 e. The number of aliphatic carboxylic acids is 1. The van der Waals surface area contributed by atoms with E-state index in [0.717, 1.165) is 0 Å². The lowest BCUT2D eigenvalue weighted by molar-refractivity contribution is -0.153. The summed E-state index contributed by atoms with van der Waals surface area (Å²) in [7, 11) is 0. The second kappa shape index (κ2) is 5.45. The van der Waals surface area contributed by atoms with Crippen LogP contribution in [0.15, 0.2) is 5.11 Å². The fraction of sp³-hybridized carbons (Fsp3) is 0.857. The lowest BCUT2D eigenvalue weighted by atomic mass is 9.94. The Morgan fingerprint density at radius 1 is 1.60 bits per heavy atom. The predicted octanol–water partition coefficient (Wildman–Crippen LogP) is 2.73. The van der Waals surface area contributed by atoms with Crippen LogP contribution in [-0.2, 0) is 4.79 Å². The lowest BCUT2D eigenvalue weighted by Gasteiger charge is -2.19. The minimum Gasteiger partial charge on any atom is -0.481 e. The molecule has 0 aliphatic heterocycles. The number of carbonyl (C=O) groups is 1. The fourth-order valence-corrected chi connectivity index (χ4v) is 1.18. The quantitative estimate of drug-likeness (QED) is 0.443. The van der Waals surface area contributed by atoms with Crippen LogP contribution in [0.3, 0.4) is 0 Å². The summed E-state index contributed by atoms with van der Waals surface area (Å²) in [5.74, 6) is -2.76. The Hall–Kier alpha value is -1.43. The molecule has 0 aromatic carbocycles. The van der Waals surface area contributed by atoms with E-state index in [2.05, 4.69) is 10.0 Å². The van der Waals surface area contributed by atoms with Gasteiger partial charge in [-0.15, -0.1) is 0 Å². The maximum absolute atomic E-state index is 12.0. The van der Waals surface area contributed by atoms with Crippen molar-refractivity contribution in [3.63, 3.8) is 0 Å². The number of azide groups is 1. The van der Waals surface area contributed by atoms with E-state index in [1.165, 1.54) is 6.92 Å². The molecule has 2 atom stereocenters. The highest BCUT2D eigenvalue weighted by molar-refractivity contribution is 5.74. The number of alkyl halides is 3. The second-order valence-corrected chi connectivity index (χ2v) is 2.98. The summed E-state index contributed by atoms with van der Waals surface area (Å²) in [6, 6.07) is -1.67. The molecule has 1 unspecified atom stereocenters. The van der Waals surface area contributed by atoms with Gasteiger partial charge in [-0.05, 0) is 11.4 Å². The molecule has 15 heavy (non-hydrogen) atoms. The summed E-state index contributed by atoms with van der Waals surface area (Å²) in [4.78, 5) is 12.8. The molecule has 0 fully saturated rings. The summed E-state index contributed by atoms with van der Waals surface area (Å²) < 4.78 is 36.1. The van der Waals surface area contributed by atoms with E-state index in [0.29, 0.717) is 0 Å². The highest BCUT2D eigenvalue weighted by atomic mass is 19.4. The van der Waals surface area contributed by atoms with E-state index in [-0.39, 0.29) is 6.42 Å². The van der Waals surface area contributed by atoms with Gasteiger partial charge in [-0.25, -0.2) is 0 Å². The maximum atomic E-state index is 12.0. The van der Waals surface area contributed by atoms with Crippen LogP contribution in [-0.4, -0.2) is 23.3 Å². The molecule has 0 heterocycles. The second-order valence-electron chi connectivity index (χ2n) is 2.98. The molecule has 0 aromatic rings. The summed E-state index contributed by atoms with van der Waals surface area (Å²) in [5.41, 5.74) is 8.04. The van der Waals surface area contributed by atoms with Crippen molar-refractivity contribution >= 4 is 5.97 Å². The van der Waals surface area contributed by atoms with Gasteiger partial charge >= 0.3 is 12.1 Å². The molecule has 5 nitrogen and oxygen atoms in total. The number of carboxylic acids is 1. The van der Waals surface area contributed by atoms with Crippen LogP contribution in [0.1, 0.15) is 19.8 Å². The van der Waals surface area contributed by atoms with Gasteiger partial charge in [-0.1, -0.05) is 18.5 Å². The first-order valence-corrected chi connectivity index (χ1v) is 4.15. The van der Waals surface area contributed by atoms with Crippen LogP contribution >= 0.6 is 0 Å². The zero-order chi connectivity index (χ0) is 12.1. The largest absolute Gasteiger partial charge is 0.481 e. The van der Waals surface area contributed by atoms with E-state index in [4.69, 9.17) is 10.6 Å². The van der Waals surface area contributed by atoms with Gasteiger partial charge in [0, 0.05) is 11.3 Å². The summed E-state index contributed by atoms with van der Waals surface area (Å²) >= 11 is 0. The van der Waals surface area contributed by atoms with Crippen LogP contribution in [0.25, 0.3) is 10.4 Å². The number of rotatable bonds is 5. The maximum Gasteiger partial charge on any atom is 0.389 e. The Kier molecular flexibility index (Phi) is 4.93. The van der Waals surface area contributed by atoms with Gasteiger partial charge in [0.15, 0.2) is 0 Å². The van der Waals surface area contributed by atoms with Gasteiger partial charge in [0.1, 0.15) is 6.04 Å². The number of hydrogen-bond donors (Lipinski definition) is 1. The van der Waals surface area contributed by atoms with Gasteiger partial charge in [-0.3, -0.25) is 4.79 Å². The van der Waals surface area contributed by atoms with Gasteiger partial charge in [0.05, 0.1) is 0 Å². The monoisotopic (exact) mass is 225 g/mol. The minimum atomic E-state index is -4.46. The highest BCUT2D eigenvalue weighted by Crippen LogP contribution is 2.29. The first-order chi connectivity index (χ1) is 6.81. The van der Waals surface area contributed by atoms with Crippen molar-refractivity contribution in [3.8, 4) is 0 Å². The molecule has 0 radical (unpaired) electrons. The first kappa shape index (κ1) is 13.6. The zero-order valence-corrected chi connectivity index (χ0v) is 7.90. The summed E-state index contributed by atoms with van der Waals surface area (Å²) in [5, 5.41) is 11.4. The van der Waals surface area contributed by atoms with Crippen molar-refractivity contribution < 1.29 is 23.1 Å². The summed E-state index contributed by atoms with van der Waals surface area (Å²) in [6.07, 6.45) is -5.74. The molecular formula is C7H10F3N3O2. The number of nitrogens with zero attached hydrogens (tertiary/aromatic N) is 3. The third kappa shape index (κ3) is 5.11. The zero-order valence-electron chi connectivity index (χ0n) is 7.90. The van der Waals surface area contributed by atoms with Gasteiger partial charge in [0.25, 0.3) is 0 Å². The number of carboxylic acid groups (broad SMARTS) is 1. The van der Waals surface area contributed by atoms with Gasteiger partial charge < -0.3 is 5.11 Å². The van der Waals surface area contributed by atoms with E-state index >= 15 is 0 Å². The average Bonchev–Trinajstić information content (AvgIpc) is 2.08. The standard InChI is InChI=1S/C7H10F3N3O2/c1-2-4(3-7(8,9)10)5(6(14)15)12-13-11/h4-5H,2-3H2,1H3,(H,14,15)/t4-,5?/m1/s1. The van der Waals surface area contributed by atoms with Crippen LogP contribution < -0.4 is 0 Å². The van der Waals surface area contributed by atoms with E-state index < -0.39 is 30.5 Å². The van der Waals surface area contributed by atoms with Gasteiger partial charge in [-0.2, -0.15) is 13.2 Å². The molecule has 1 N–H and O–H groups in total. The van der Waals surface area contributed by atoms with Crippen LogP contribution in [0.5, 0.6) is 0 Å². The molecule has 0 bridgehead atoms. The molecule has 0 amide bonds. The van der Waals surface area contributed by atoms with Crippen LogP contribution in [0.4, 0.5) is 13.2 Å². The van der Waals surface area contributed by atoms with Crippen molar-refractivity contribution in [1.82, 2.24) is 0 Å². The number of hydrogen-bond acceptors (Lipinski definition) is 2. The predicted molar refractivity (Wildman–Crippen MR) is 45.0 cm³/mol. The Morgan fingerprint density at radius 3 is 2.40 bits per heavy atom. The fourth-order valence-electron chi connectivity index (χ4n) is 1.18. The SMILES string of the molecule is CC[C@H](CC(F)(F)F)C(N=[N+]=[N-])C(=O)O. The van der Waals surface area contributed by atoms with Crippen molar-refractivity contribution in [2.45, 2.75) is 32.0 Å². The Labute approximate surface area is 83.5 Å². The Balaban J connectivity index is 4.75. The van der Waals surface area contributed by atoms with E-state index in [1.807, 2.05) is 0 Å². The van der Waals surface area contributed by atoms with Crippen molar-refractivity contribution in [3.05, 3.63) is 10.4 Å². The first-order valence-electron chi connectivity index (χ1n) is 4.15. The third-order valence-electron chi connectivity index (χ3n) is 1.89. The normalized spacial score (nSPS) is 15.2. The topological polar surface area (TPSA) is 86.1 Å². The molecule has 8 heteroatoms. The lowest BCUT2D eigenvalue weighted by Crippen LogP contribution is -2.30. The molecule has 0 aliphatic carbocycles. The molecule has 0 saturated heterocycles. The molecular weight excluding hydrogens is 215 g/mol. The molecule has 0 saturated carbocycles. The summed E-state index contributed by atoms with van der Waals surface area (Å²) in [6.45, 7) is 1.42. The number of halogens is 3. The van der Waals surface area contributed by atoms with Crippen LogP contribution in [0, 0.1) is 5.92 Å². The molecule has 0 rings (SSSR count). The molecule has 86 valence electrons. The van der Waals surface area contributed by atoms with Crippen molar-refractivity contribution in [2.24, 2.45) is 11.0 Å². The minimum absolute atomic E-state index is 0.0184. The van der Waals surface area contributed by atoms with Crippen molar-refractivity contribution in [2.75, 3.05) is 0 Å². The van der Waals surface area contributed by atoms with E-state index in [9.17, 15) is 18.0 Å². The molecule has 0 aromatic heterocycles. The Morgan fingerprint density at radius 2 is 2.13 bits per heavy atom. The highest BCUT2D eigenvalue weighted by Gasteiger charge is 2.37. The molecule has 0 spiro atoms. The molecule has 0 aliphatic rings. The average molecular weight is 225 g/mol. The van der Waals surface area contributed by atoms with E-state index in [1.54, 1.807) is 0 Å². The van der Waals surface area contributed by atoms with Crippen molar-refractivity contribution in [1.29, 1.82) is 0 Å². The van der Waals surface area contributed by atoms with Crippen LogP contribution in [0.2, 0.25) is 0 Å². The third-order valence-corrected chi connectivity index (χ3v) is 1.89.